The van der Waals surface area contributed by atoms with Crippen molar-refractivity contribution in [1.29, 1.82) is 0 Å². The molecule has 3 rings (SSSR count). The third-order valence-corrected chi connectivity index (χ3v) is 4.31. The fraction of sp³-hybridized carbons (Fsp3) is 0.588. The van der Waals surface area contributed by atoms with Crippen molar-refractivity contribution in [3.63, 3.8) is 0 Å². The molecule has 0 aliphatic carbocycles. The van der Waals surface area contributed by atoms with Crippen LogP contribution in [0.1, 0.15) is 33.6 Å². The molecule has 7 nitrogen and oxygen atoms in total. The van der Waals surface area contributed by atoms with Crippen LogP contribution >= 0.6 is 11.6 Å². The SMILES string of the molecule is CN(C(=O)OC(C)(C)C)C1CCCN(c2nc3nc(Cl)ccc3o2)C1. The summed E-state index contributed by atoms with van der Waals surface area (Å²) >= 11 is 5.90. The van der Waals surface area contributed by atoms with Gasteiger partial charge in [0.2, 0.25) is 5.65 Å². The molecule has 2 aromatic heterocycles. The molecule has 1 aliphatic heterocycles. The van der Waals surface area contributed by atoms with Crippen molar-refractivity contribution >= 4 is 34.9 Å². The van der Waals surface area contributed by atoms with E-state index in [1.165, 1.54) is 0 Å². The van der Waals surface area contributed by atoms with Gasteiger partial charge in [-0.3, -0.25) is 0 Å². The number of pyridine rings is 1. The number of hydrogen-bond donors (Lipinski definition) is 0. The van der Waals surface area contributed by atoms with E-state index >= 15 is 0 Å². The molecule has 8 heteroatoms. The third-order valence-electron chi connectivity index (χ3n) is 4.10. The van der Waals surface area contributed by atoms with E-state index in [1.807, 2.05) is 25.7 Å². The van der Waals surface area contributed by atoms with Gasteiger partial charge in [0.1, 0.15) is 10.8 Å². The lowest BCUT2D eigenvalue weighted by molar-refractivity contribution is 0.0208. The Bertz CT molecular complexity index is 771. The molecular formula is C17H23ClN4O3. The molecule has 1 amide bonds. The first kappa shape index (κ1) is 17.8. The molecule has 2 aromatic rings. The minimum atomic E-state index is -0.509. The lowest BCUT2D eigenvalue weighted by Gasteiger charge is -2.37. The number of carbonyl (C=O) groups excluding carboxylic acids is 1. The van der Waals surface area contributed by atoms with Crippen LogP contribution < -0.4 is 4.90 Å². The van der Waals surface area contributed by atoms with E-state index in [0.717, 1.165) is 19.4 Å². The number of anilines is 1. The predicted molar refractivity (Wildman–Crippen MR) is 96.0 cm³/mol. The molecule has 0 aromatic carbocycles. The first-order valence-electron chi connectivity index (χ1n) is 8.37. The number of likely N-dealkylation sites (N-methyl/N-ethyl adjacent to an activating group) is 1. The van der Waals surface area contributed by atoms with Gasteiger partial charge in [-0.1, -0.05) is 11.6 Å². The number of hydrogen-bond acceptors (Lipinski definition) is 6. The van der Waals surface area contributed by atoms with E-state index in [2.05, 4.69) is 9.97 Å². The number of amides is 1. The fourth-order valence-corrected chi connectivity index (χ4v) is 2.99. The molecule has 25 heavy (non-hydrogen) atoms. The molecule has 1 aliphatic rings. The van der Waals surface area contributed by atoms with Crippen LogP contribution in [0.5, 0.6) is 0 Å². The number of aromatic nitrogens is 2. The zero-order chi connectivity index (χ0) is 18.2. The molecule has 1 unspecified atom stereocenters. The number of piperidine rings is 1. The lowest BCUT2D eigenvalue weighted by Crippen LogP contribution is -2.49. The van der Waals surface area contributed by atoms with Gasteiger partial charge in [-0.15, -0.1) is 0 Å². The van der Waals surface area contributed by atoms with E-state index in [9.17, 15) is 4.79 Å². The van der Waals surface area contributed by atoms with Crippen molar-refractivity contribution in [1.82, 2.24) is 14.9 Å². The van der Waals surface area contributed by atoms with Crippen molar-refractivity contribution in [3.05, 3.63) is 17.3 Å². The molecule has 0 saturated carbocycles. The summed E-state index contributed by atoms with van der Waals surface area (Å²) in [6.45, 7) is 7.04. The zero-order valence-corrected chi connectivity index (χ0v) is 15.7. The second kappa shape index (κ2) is 6.71. The Morgan fingerprint density at radius 2 is 2.16 bits per heavy atom. The largest absolute Gasteiger partial charge is 0.444 e. The van der Waals surface area contributed by atoms with Gasteiger partial charge >= 0.3 is 6.09 Å². The van der Waals surface area contributed by atoms with Crippen molar-refractivity contribution in [3.8, 4) is 0 Å². The maximum Gasteiger partial charge on any atom is 0.410 e. The van der Waals surface area contributed by atoms with E-state index in [4.69, 9.17) is 20.8 Å². The van der Waals surface area contributed by atoms with Crippen LogP contribution in [0.3, 0.4) is 0 Å². The smallest absolute Gasteiger partial charge is 0.410 e. The molecular weight excluding hydrogens is 344 g/mol. The third kappa shape index (κ3) is 4.15. The van der Waals surface area contributed by atoms with Crippen LogP contribution in [0.25, 0.3) is 11.2 Å². The summed E-state index contributed by atoms with van der Waals surface area (Å²) in [5, 5.41) is 0.383. The Morgan fingerprint density at radius 3 is 2.88 bits per heavy atom. The molecule has 1 saturated heterocycles. The van der Waals surface area contributed by atoms with E-state index in [1.54, 1.807) is 24.1 Å². The summed E-state index contributed by atoms with van der Waals surface area (Å²) in [7, 11) is 1.77. The highest BCUT2D eigenvalue weighted by Crippen LogP contribution is 2.26. The molecule has 0 spiro atoms. The Kier molecular flexibility index (Phi) is 4.77. The van der Waals surface area contributed by atoms with Crippen molar-refractivity contribution < 1.29 is 13.9 Å². The summed E-state index contributed by atoms with van der Waals surface area (Å²) in [6.07, 6.45) is 1.53. The first-order chi connectivity index (χ1) is 11.7. The molecule has 3 heterocycles. The van der Waals surface area contributed by atoms with Gasteiger partial charge in [0, 0.05) is 20.1 Å². The number of fused-ring (bicyclic) bond motifs is 1. The second-order valence-corrected chi connectivity index (χ2v) is 7.67. The Morgan fingerprint density at radius 1 is 1.40 bits per heavy atom. The summed E-state index contributed by atoms with van der Waals surface area (Å²) in [5.41, 5.74) is 0.581. The normalized spacial score (nSPS) is 18.4. The monoisotopic (exact) mass is 366 g/mol. The molecule has 0 radical (unpaired) electrons. The molecule has 0 bridgehead atoms. The topological polar surface area (TPSA) is 71.7 Å². The van der Waals surface area contributed by atoms with Gasteiger partial charge in [-0.25, -0.2) is 9.78 Å². The molecule has 1 atom stereocenters. The standard InChI is InChI=1S/C17H23ClN4O3/c1-17(2,3)25-16(23)21(4)11-6-5-9-22(10-11)15-20-14-12(24-15)7-8-13(18)19-14/h7-8,11H,5-6,9-10H2,1-4H3. The molecule has 1 fully saturated rings. The predicted octanol–water partition coefficient (Wildman–Crippen LogP) is 3.71. The van der Waals surface area contributed by atoms with E-state index in [-0.39, 0.29) is 12.1 Å². The Hall–Kier alpha value is -2.02. The highest BCUT2D eigenvalue weighted by Gasteiger charge is 2.30. The number of halogens is 1. The molecule has 0 N–H and O–H groups in total. The van der Waals surface area contributed by atoms with E-state index < -0.39 is 5.60 Å². The number of rotatable bonds is 2. The van der Waals surface area contributed by atoms with Crippen LogP contribution in [0.2, 0.25) is 5.15 Å². The minimum absolute atomic E-state index is 0.0372. The number of ether oxygens (including phenoxy) is 1. The average molecular weight is 367 g/mol. The quantitative estimate of drug-likeness (QED) is 0.754. The number of nitrogens with zero attached hydrogens (tertiary/aromatic N) is 4. The molecule has 136 valence electrons. The second-order valence-electron chi connectivity index (χ2n) is 7.29. The van der Waals surface area contributed by atoms with Crippen LogP contribution in [0.4, 0.5) is 10.8 Å². The number of carbonyl (C=O) groups is 1. The van der Waals surface area contributed by atoms with Crippen molar-refractivity contribution in [2.24, 2.45) is 0 Å². The zero-order valence-electron chi connectivity index (χ0n) is 15.0. The van der Waals surface area contributed by atoms with Crippen molar-refractivity contribution in [2.45, 2.75) is 45.3 Å². The van der Waals surface area contributed by atoms with Gasteiger partial charge in [-0.05, 0) is 45.7 Å². The minimum Gasteiger partial charge on any atom is -0.444 e. The lowest BCUT2D eigenvalue weighted by atomic mass is 10.1. The van der Waals surface area contributed by atoms with Crippen LogP contribution in [-0.4, -0.2) is 52.7 Å². The first-order valence-corrected chi connectivity index (χ1v) is 8.74. The van der Waals surface area contributed by atoms with Crippen LogP contribution in [0, 0.1) is 0 Å². The summed E-state index contributed by atoms with van der Waals surface area (Å²) in [6, 6.07) is 3.98. The maximum absolute atomic E-state index is 12.3. The van der Waals surface area contributed by atoms with Crippen LogP contribution in [0.15, 0.2) is 16.5 Å². The van der Waals surface area contributed by atoms with Gasteiger partial charge in [-0.2, -0.15) is 4.98 Å². The van der Waals surface area contributed by atoms with Gasteiger partial charge in [0.15, 0.2) is 5.58 Å². The fourth-order valence-electron chi connectivity index (χ4n) is 2.85. The average Bonchev–Trinajstić information content (AvgIpc) is 2.95. The van der Waals surface area contributed by atoms with Gasteiger partial charge < -0.3 is 19.0 Å². The van der Waals surface area contributed by atoms with Gasteiger partial charge in [0.25, 0.3) is 6.01 Å². The van der Waals surface area contributed by atoms with E-state index in [0.29, 0.717) is 28.9 Å². The summed E-state index contributed by atoms with van der Waals surface area (Å²) in [5.74, 6) is 0. The highest BCUT2D eigenvalue weighted by molar-refractivity contribution is 6.29. The van der Waals surface area contributed by atoms with Gasteiger partial charge in [0.05, 0.1) is 6.04 Å². The highest BCUT2D eigenvalue weighted by atomic mass is 35.5. The summed E-state index contributed by atoms with van der Waals surface area (Å²) in [4.78, 5) is 24.6. The maximum atomic E-state index is 12.3. The Labute approximate surface area is 151 Å². The summed E-state index contributed by atoms with van der Waals surface area (Å²) < 4.78 is 11.3. The Balaban J connectivity index is 1.72. The van der Waals surface area contributed by atoms with Crippen molar-refractivity contribution in [2.75, 3.05) is 25.0 Å². The van der Waals surface area contributed by atoms with Crippen LogP contribution in [-0.2, 0) is 4.74 Å². The number of oxazole rings is 1.